The highest BCUT2D eigenvalue weighted by Crippen LogP contribution is 2.41. The van der Waals surface area contributed by atoms with E-state index in [1.165, 1.54) is 18.4 Å². The molecule has 3 unspecified atom stereocenters. The summed E-state index contributed by atoms with van der Waals surface area (Å²) in [5.74, 6) is 0.542. The number of amides is 1. The van der Waals surface area contributed by atoms with Gasteiger partial charge in [0.25, 0.3) is 0 Å². The van der Waals surface area contributed by atoms with Crippen molar-refractivity contribution in [3.8, 4) is 0 Å². The van der Waals surface area contributed by atoms with Crippen LogP contribution in [0.25, 0.3) is 0 Å². The van der Waals surface area contributed by atoms with Crippen LogP contribution in [0, 0.1) is 5.92 Å². The molecule has 0 bridgehead atoms. The summed E-state index contributed by atoms with van der Waals surface area (Å²) in [5.41, 5.74) is 9.65. The van der Waals surface area contributed by atoms with Gasteiger partial charge in [-0.3, -0.25) is 4.79 Å². The van der Waals surface area contributed by atoms with Gasteiger partial charge in [0.05, 0.1) is 0 Å². The average molecular weight is 423 g/mol. The van der Waals surface area contributed by atoms with Crippen molar-refractivity contribution in [2.24, 2.45) is 11.7 Å². The molecule has 1 aliphatic carbocycles. The Bertz CT molecular complexity index is 877. The minimum Gasteiger partial charge on any atom is -0.367 e. The van der Waals surface area contributed by atoms with Crippen LogP contribution in [0.15, 0.2) is 48.5 Å². The van der Waals surface area contributed by atoms with E-state index in [2.05, 4.69) is 35.2 Å². The van der Waals surface area contributed by atoms with Crippen LogP contribution < -0.4 is 5.73 Å². The number of rotatable bonds is 7. The summed E-state index contributed by atoms with van der Waals surface area (Å²) in [6.45, 7) is 3.30. The first kappa shape index (κ1) is 22.0. The number of hydrogen-bond donors (Lipinski definition) is 2. The lowest BCUT2D eigenvalue weighted by atomic mass is 9.72. The van der Waals surface area contributed by atoms with Crippen molar-refractivity contribution in [2.45, 2.75) is 50.2 Å². The number of nitrogens with two attached hydrogens (primary N) is 1. The number of aliphatic hydroxyl groups excluding tert-OH is 1. The zero-order chi connectivity index (χ0) is 21.8. The molecule has 2 aromatic carbocycles. The first-order chi connectivity index (χ1) is 15.1. The highest BCUT2D eigenvalue weighted by molar-refractivity contribution is 5.93. The minimum absolute atomic E-state index is 0.0717. The minimum atomic E-state index is -0.840. The quantitative estimate of drug-likeness (QED) is 0.668. The smallest absolute Gasteiger partial charge is 0.248 e. The molecule has 166 valence electrons. The number of methoxy groups -OCH3 is 1. The lowest BCUT2D eigenvalue weighted by molar-refractivity contribution is -0.106. The molecule has 1 fully saturated rings. The van der Waals surface area contributed by atoms with Crippen molar-refractivity contribution < 1.29 is 14.6 Å². The lowest BCUT2D eigenvalue weighted by Crippen LogP contribution is -2.37. The third kappa shape index (κ3) is 5.00. The molecule has 0 spiro atoms. The van der Waals surface area contributed by atoms with Gasteiger partial charge in [-0.25, -0.2) is 0 Å². The van der Waals surface area contributed by atoms with Crippen LogP contribution in [-0.4, -0.2) is 48.9 Å². The van der Waals surface area contributed by atoms with Crippen LogP contribution in [0.1, 0.15) is 64.6 Å². The number of aliphatic hydroxyl groups is 1. The third-order valence-corrected chi connectivity index (χ3v) is 7.30. The van der Waals surface area contributed by atoms with E-state index in [1.54, 1.807) is 13.2 Å². The number of hydrogen-bond acceptors (Lipinski definition) is 4. The Morgan fingerprint density at radius 2 is 1.90 bits per heavy atom. The molecule has 5 heteroatoms. The maximum absolute atomic E-state index is 11.6. The number of likely N-dealkylation sites (tertiary alicyclic amines) is 1. The summed E-state index contributed by atoms with van der Waals surface area (Å²) in [7, 11) is 1.56. The Labute approximate surface area is 185 Å². The average Bonchev–Trinajstić information content (AvgIpc) is 2.82. The first-order valence-corrected chi connectivity index (χ1v) is 11.5. The van der Waals surface area contributed by atoms with E-state index in [0.29, 0.717) is 17.4 Å². The molecule has 0 saturated carbocycles. The van der Waals surface area contributed by atoms with E-state index in [-0.39, 0.29) is 5.92 Å². The van der Waals surface area contributed by atoms with E-state index in [4.69, 9.17) is 10.5 Å². The third-order valence-electron chi connectivity index (χ3n) is 7.30. The van der Waals surface area contributed by atoms with Crippen LogP contribution >= 0.6 is 0 Å². The van der Waals surface area contributed by atoms with Crippen LogP contribution in [0.3, 0.4) is 0 Å². The maximum Gasteiger partial charge on any atom is 0.248 e. The summed E-state index contributed by atoms with van der Waals surface area (Å²) in [5, 5.41) is 10.6. The van der Waals surface area contributed by atoms with Crippen LogP contribution in [-0.2, 0) is 11.2 Å². The molecule has 5 nitrogen and oxygen atoms in total. The van der Waals surface area contributed by atoms with Crippen molar-refractivity contribution in [3.05, 3.63) is 70.8 Å². The topological polar surface area (TPSA) is 75.8 Å². The van der Waals surface area contributed by atoms with Crippen LogP contribution in [0.4, 0.5) is 0 Å². The number of nitrogens with zero attached hydrogens (tertiary/aromatic N) is 1. The number of carbonyl (C=O) groups is 1. The van der Waals surface area contributed by atoms with Gasteiger partial charge in [-0.05, 0) is 92.4 Å². The Kier molecular flexibility index (Phi) is 7.06. The zero-order valence-corrected chi connectivity index (χ0v) is 18.4. The molecule has 1 saturated heterocycles. The second kappa shape index (κ2) is 9.94. The van der Waals surface area contributed by atoms with Crippen LogP contribution in [0.2, 0.25) is 0 Å². The number of benzene rings is 2. The molecule has 0 aromatic heterocycles. The number of carbonyl (C=O) groups excluding carboxylic acids is 1. The highest BCUT2D eigenvalue weighted by atomic mass is 16.6. The van der Waals surface area contributed by atoms with E-state index >= 15 is 0 Å². The summed E-state index contributed by atoms with van der Waals surface area (Å²) >= 11 is 0. The fraction of sp³-hybridized carbons (Fsp3) is 0.500. The number of piperidine rings is 1. The normalized spacial score (nSPS) is 23.3. The molecule has 1 heterocycles. The predicted molar refractivity (Wildman–Crippen MR) is 122 cm³/mol. The summed E-state index contributed by atoms with van der Waals surface area (Å²) in [4.78, 5) is 14.1. The highest BCUT2D eigenvalue weighted by Gasteiger charge is 2.35. The largest absolute Gasteiger partial charge is 0.367 e. The molecule has 31 heavy (non-hydrogen) atoms. The second-order valence-electron chi connectivity index (χ2n) is 9.04. The Morgan fingerprint density at radius 3 is 2.58 bits per heavy atom. The van der Waals surface area contributed by atoms with Gasteiger partial charge < -0.3 is 20.5 Å². The van der Waals surface area contributed by atoms with Gasteiger partial charge in [-0.1, -0.05) is 36.4 Å². The molecule has 3 N–H and O–H groups in total. The van der Waals surface area contributed by atoms with Gasteiger partial charge >= 0.3 is 0 Å². The number of fused-ring (bicyclic) bond motifs is 1. The molecule has 2 aromatic rings. The summed E-state index contributed by atoms with van der Waals surface area (Å²) in [6, 6.07) is 16.5. The Morgan fingerprint density at radius 1 is 1.16 bits per heavy atom. The molecule has 1 aliphatic heterocycles. The molecular formula is C26H34N2O3. The van der Waals surface area contributed by atoms with Gasteiger partial charge in [0.2, 0.25) is 5.91 Å². The molecular weight excluding hydrogens is 388 g/mol. The van der Waals surface area contributed by atoms with Gasteiger partial charge in [0.15, 0.2) is 6.29 Å². The van der Waals surface area contributed by atoms with E-state index in [0.717, 1.165) is 50.0 Å². The predicted octanol–water partition coefficient (Wildman–Crippen LogP) is 3.67. The monoisotopic (exact) mass is 422 g/mol. The molecule has 4 rings (SSSR count). The van der Waals surface area contributed by atoms with Gasteiger partial charge in [-0.2, -0.15) is 0 Å². The fourth-order valence-corrected chi connectivity index (χ4v) is 5.50. The van der Waals surface area contributed by atoms with Gasteiger partial charge in [0.1, 0.15) is 0 Å². The van der Waals surface area contributed by atoms with Gasteiger partial charge in [-0.15, -0.1) is 0 Å². The summed E-state index contributed by atoms with van der Waals surface area (Å²) < 4.78 is 5.36. The van der Waals surface area contributed by atoms with Gasteiger partial charge in [0, 0.05) is 18.6 Å². The molecule has 3 atom stereocenters. The molecule has 0 radical (unpaired) electrons. The van der Waals surface area contributed by atoms with Crippen molar-refractivity contribution in [1.29, 1.82) is 0 Å². The Balaban J connectivity index is 1.38. The van der Waals surface area contributed by atoms with Crippen molar-refractivity contribution in [3.63, 3.8) is 0 Å². The van der Waals surface area contributed by atoms with Crippen LogP contribution in [0.5, 0.6) is 0 Å². The van der Waals surface area contributed by atoms with Crippen molar-refractivity contribution in [2.75, 3.05) is 26.7 Å². The standard InChI is InChI=1S/C26H34N2O3/c1-31-26(30)24-20(7-8-21-17-22(25(27)29)9-10-23(21)24)13-16-28-14-11-19(12-15-28)18-5-3-2-4-6-18/h2-6,9-10,17,19-20,24,26,30H,7-8,11-16H2,1H3,(H2,27,29). The summed E-state index contributed by atoms with van der Waals surface area (Å²) in [6.07, 6.45) is 4.50. The number of primary amides is 1. The van der Waals surface area contributed by atoms with Crippen molar-refractivity contribution >= 4 is 5.91 Å². The van der Waals surface area contributed by atoms with E-state index in [1.807, 2.05) is 12.1 Å². The number of aryl methyl sites for hydroxylation is 1. The van der Waals surface area contributed by atoms with E-state index < -0.39 is 12.2 Å². The maximum atomic E-state index is 11.6. The molecule has 2 aliphatic rings. The fourth-order valence-electron chi connectivity index (χ4n) is 5.50. The zero-order valence-electron chi connectivity index (χ0n) is 18.4. The first-order valence-electron chi connectivity index (χ1n) is 11.5. The lowest BCUT2D eigenvalue weighted by Gasteiger charge is -2.38. The second-order valence-corrected chi connectivity index (χ2v) is 9.04. The van der Waals surface area contributed by atoms with Crippen molar-refractivity contribution in [1.82, 2.24) is 4.90 Å². The number of ether oxygens (including phenoxy) is 1. The SMILES string of the molecule is COC(O)C1c2ccc(C(N)=O)cc2CCC1CCN1CCC(c2ccccc2)CC1. The Hall–Kier alpha value is -2.21. The molecule has 1 amide bonds. The van der Waals surface area contributed by atoms with E-state index in [9.17, 15) is 9.90 Å².